The number of alkyl halides is 3. The normalized spacial score (nSPS) is 11.8. The maximum Gasteiger partial charge on any atom is 0.433 e. The van der Waals surface area contributed by atoms with Crippen molar-refractivity contribution in [1.29, 1.82) is 0 Å². The van der Waals surface area contributed by atoms with Gasteiger partial charge in [0.1, 0.15) is 5.56 Å². The van der Waals surface area contributed by atoms with Crippen LogP contribution in [0.2, 0.25) is 0 Å². The largest absolute Gasteiger partial charge is 0.433 e. The molecule has 12 heteroatoms. The molecule has 0 saturated heterocycles. The summed E-state index contributed by atoms with van der Waals surface area (Å²) in [5.74, 6) is -1.05. The highest BCUT2D eigenvalue weighted by Gasteiger charge is 2.36. The van der Waals surface area contributed by atoms with Crippen LogP contribution in [0, 0.1) is 0 Å². The van der Waals surface area contributed by atoms with Gasteiger partial charge in [-0.3, -0.25) is 14.3 Å². The number of hydrogen-bond acceptors (Lipinski definition) is 5. The summed E-state index contributed by atoms with van der Waals surface area (Å²) in [6.07, 6.45) is -2.27. The van der Waals surface area contributed by atoms with Crippen LogP contribution in [-0.2, 0) is 12.7 Å². The molecule has 0 atom stereocenters. The quantitative estimate of drug-likeness (QED) is 0.410. The van der Waals surface area contributed by atoms with E-state index >= 15 is 0 Å². The Labute approximate surface area is 204 Å². The Kier molecular flexibility index (Phi) is 6.53. The van der Waals surface area contributed by atoms with Gasteiger partial charge in [-0.1, -0.05) is 38.1 Å². The number of nitrogens with zero attached hydrogens (tertiary/aromatic N) is 5. The number of fused-ring (bicyclic) bond motifs is 1. The molecule has 4 aromatic rings. The molecule has 4 rings (SSSR count). The van der Waals surface area contributed by atoms with Crippen LogP contribution in [0.1, 0.15) is 58.8 Å². The molecule has 0 radical (unpaired) electrons. The fourth-order valence-electron chi connectivity index (χ4n) is 3.66. The molecule has 9 nitrogen and oxygen atoms in total. The van der Waals surface area contributed by atoms with Crippen LogP contribution in [0.25, 0.3) is 16.9 Å². The minimum atomic E-state index is -4.75. The molecule has 0 aliphatic carbocycles. The first-order valence-corrected chi connectivity index (χ1v) is 11.2. The maximum atomic E-state index is 13.9. The second-order valence-corrected chi connectivity index (χ2v) is 8.38. The highest BCUT2D eigenvalue weighted by atomic mass is 19.4. The van der Waals surface area contributed by atoms with Gasteiger partial charge in [-0.15, -0.1) is 0 Å². The number of halogens is 3. The van der Waals surface area contributed by atoms with E-state index in [2.05, 4.69) is 25.8 Å². The second kappa shape index (κ2) is 9.44. The highest BCUT2D eigenvalue weighted by Crippen LogP contribution is 2.33. The van der Waals surface area contributed by atoms with Crippen LogP contribution in [0.4, 0.5) is 18.9 Å². The van der Waals surface area contributed by atoms with Crippen molar-refractivity contribution < 1.29 is 22.8 Å². The first kappa shape index (κ1) is 24.9. The van der Waals surface area contributed by atoms with E-state index in [-0.39, 0.29) is 34.2 Å². The van der Waals surface area contributed by atoms with E-state index in [0.29, 0.717) is 16.6 Å². The lowest BCUT2D eigenvalue weighted by Gasteiger charge is -2.12. The van der Waals surface area contributed by atoms with Gasteiger partial charge >= 0.3 is 6.18 Å². The molecule has 2 amide bonds. The van der Waals surface area contributed by atoms with E-state index in [4.69, 9.17) is 0 Å². The summed E-state index contributed by atoms with van der Waals surface area (Å²) in [5.41, 5.74) is 0.0914. The molecule has 0 aliphatic rings. The molecule has 0 fully saturated rings. The number of benzene rings is 1. The molecule has 2 N–H and O–H groups in total. The Bertz CT molecular complexity index is 1440. The number of carbonyl (C=O) groups is 2. The van der Waals surface area contributed by atoms with Crippen LogP contribution >= 0.6 is 0 Å². The van der Waals surface area contributed by atoms with E-state index < -0.39 is 23.7 Å². The molecular weight excluding hydrogens is 475 g/mol. The smallest absolute Gasteiger partial charge is 0.354 e. The van der Waals surface area contributed by atoms with Crippen molar-refractivity contribution in [1.82, 2.24) is 29.7 Å². The summed E-state index contributed by atoms with van der Waals surface area (Å²) in [7, 11) is 1.42. The predicted octanol–water partition coefficient (Wildman–Crippen LogP) is 4.37. The zero-order chi connectivity index (χ0) is 26.2. The van der Waals surface area contributed by atoms with Crippen LogP contribution < -0.4 is 10.6 Å². The number of aromatic nitrogens is 5. The van der Waals surface area contributed by atoms with Gasteiger partial charge in [0.25, 0.3) is 11.8 Å². The van der Waals surface area contributed by atoms with E-state index in [1.54, 1.807) is 19.1 Å². The number of carbonyl (C=O) groups excluding carboxylic acids is 2. The van der Waals surface area contributed by atoms with Gasteiger partial charge in [0.15, 0.2) is 17.0 Å². The van der Waals surface area contributed by atoms with Gasteiger partial charge in [0.05, 0.1) is 17.6 Å². The summed E-state index contributed by atoms with van der Waals surface area (Å²) in [4.78, 5) is 29.6. The highest BCUT2D eigenvalue weighted by molar-refractivity contribution is 6.11. The Balaban J connectivity index is 1.80. The SMILES string of the molecule is CCn1cc(NC(=O)c2cnn3c(C(F)(F)F)cc(-c4ccc(C(C)C)cc4)nc23)c(C(=O)NC)n1. The Morgan fingerprint density at radius 1 is 1.11 bits per heavy atom. The van der Waals surface area contributed by atoms with Crippen molar-refractivity contribution in [3.05, 3.63) is 65.2 Å². The summed E-state index contributed by atoms with van der Waals surface area (Å²) in [6, 6.07) is 7.95. The van der Waals surface area contributed by atoms with Gasteiger partial charge in [0.2, 0.25) is 0 Å². The molecule has 3 heterocycles. The zero-order valence-corrected chi connectivity index (χ0v) is 20.0. The molecule has 36 heavy (non-hydrogen) atoms. The van der Waals surface area contributed by atoms with Crippen LogP contribution in [-0.4, -0.2) is 43.2 Å². The minimum absolute atomic E-state index is 0.0287. The number of anilines is 1. The lowest BCUT2D eigenvalue weighted by molar-refractivity contribution is -0.142. The molecule has 188 valence electrons. The van der Waals surface area contributed by atoms with Gasteiger partial charge in [0, 0.05) is 25.4 Å². The number of hydrogen-bond donors (Lipinski definition) is 2. The second-order valence-electron chi connectivity index (χ2n) is 8.38. The molecule has 1 aromatic carbocycles. The van der Waals surface area contributed by atoms with E-state index in [0.717, 1.165) is 17.8 Å². The van der Waals surface area contributed by atoms with Crippen molar-refractivity contribution in [2.75, 3.05) is 12.4 Å². The fourth-order valence-corrected chi connectivity index (χ4v) is 3.66. The topological polar surface area (TPSA) is 106 Å². The lowest BCUT2D eigenvalue weighted by Crippen LogP contribution is -2.21. The van der Waals surface area contributed by atoms with Crippen LogP contribution in [0.5, 0.6) is 0 Å². The van der Waals surface area contributed by atoms with Crippen molar-refractivity contribution in [3.63, 3.8) is 0 Å². The monoisotopic (exact) mass is 499 g/mol. The molecule has 0 bridgehead atoms. The third kappa shape index (κ3) is 4.66. The Hall–Kier alpha value is -4.22. The van der Waals surface area contributed by atoms with E-state index in [9.17, 15) is 22.8 Å². The van der Waals surface area contributed by atoms with Crippen molar-refractivity contribution >= 4 is 23.1 Å². The number of rotatable bonds is 6. The summed E-state index contributed by atoms with van der Waals surface area (Å²) >= 11 is 0. The van der Waals surface area contributed by atoms with Crippen LogP contribution in [0.3, 0.4) is 0 Å². The Morgan fingerprint density at radius 2 is 1.81 bits per heavy atom. The molecule has 3 aromatic heterocycles. The molecule has 0 saturated carbocycles. The lowest BCUT2D eigenvalue weighted by atomic mass is 10.0. The molecule has 0 spiro atoms. The third-order valence-electron chi connectivity index (χ3n) is 5.66. The number of nitrogens with one attached hydrogen (secondary N) is 2. The summed E-state index contributed by atoms with van der Waals surface area (Å²) < 4.78 is 43.8. The van der Waals surface area contributed by atoms with E-state index in [1.165, 1.54) is 17.9 Å². The number of amides is 2. The maximum absolute atomic E-state index is 13.9. The minimum Gasteiger partial charge on any atom is -0.354 e. The predicted molar refractivity (Wildman–Crippen MR) is 127 cm³/mol. The zero-order valence-electron chi connectivity index (χ0n) is 20.0. The molecule has 0 aliphatic heterocycles. The van der Waals surface area contributed by atoms with Crippen molar-refractivity contribution in [2.45, 2.75) is 39.4 Å². The average Bonchev–Trinajstić information content (AvgIpc) is 3.46. The van der Waals surface area contributed by atoms with Crippen molar-refractivity contribution in [2.24, 2.45) is 0 Å². The van der Waals surface area contributed by atoms with Gasteiger partial charge in [-0.05, 0) is 24.5 Å². The summed E-state index contributed by atoms with van der Waals surface area (Å²) in [5, 5.41) is 12.9. The standard InChI is InChI=1S/C24H24F3N7O2/c1-5-33-12-18(20(32-33)23(36)28-4)31-22(35)16-11-29-34-19(24(25,26)27)10-17(30-21(16)34)15-8-6-14(7-9-15)13(2)3/h6-13H,5H2,1-4H3,(H,28,36)(H,31,35). The average molecular weight is 499 g/mol. The molecular formula is C24H24F3N7O2. The third-order valence-corrected chi connectivity index (χ3v) is 5.66. The molecule has 0 unspecified atom stereocenters. The first-order chi connectivity index (χ1) is 17.0. The number of aryl methyl sites for hydroxylation is 1. The van der Waals surface area contributed by atoms with Gasteiger partial charge < -0.3 is 10.6 Å². The van der Waals surface area contributed by atoms with Crippen molar-refractivity contribution in [3.8, 4) is 11.3 Å². The van der Waals surface area contributed by atoms with Gasteiger partial charge in [-0.2, -0.15) is 23.4 Å². The Morgan fingerprint density at radius 3 is 2.39 bits per heavy atom. The summed E-state index contributed by atoms with van der Waals surface area (Å²) in [6.45, 7) is 6.26. The van der Waals surface area contributed by atoms with E-state index in [1.807, 2.05) is 26.0 Å². The first-order valence-electron chi connectivity index (χ1n) is 11.2. The van der Waals surface area contributed by atoms with Crippen LogP contribution in [0.15, 0.2) is 42.7 Å². The van der Waals surface area contributed by atoms with Gasteiger partial charge in [-0.25, -0.2) is 9.50 Å². The fraction of sp³-hybridized carbons (Fsp3) is 0.292.